The van der Waals surface area contributed by atoms with E-state index in [9.17, 15) is 0 Å². The summed E-state index contributed by atoms with van der Waals surface area (Å²) in [5.41, 5.74) is 0. The Balaban J connectivity index is 2.75. The van der Waals surface area contributed by atoms with E-state index in [2.05, 4.69) is 5.32 Å². The Morgan fingerprint density at radius 1 is 1.67 bits per heavy atom. The summed E-state index contributed by atoms with van der Waals surface area (Å²) >= 11 is 0. The van der Waals surface area contributed by atoms with Gasteiger partial charge in [-0.15, -0.1) is 0 Å². The van der Waals surface area contributed by atoms with Crippen LogP contribution in [0, 0.1) is 0 Å². The van der Waals surface area contributed by atoms with Crippen LogP contribution in [-0.2, 0) is 4.74 Å². The molecule has 0 rings (SSSR count). The first-order valence-electron chi connectivity index (χ1n) is 3.27. The highest BCUT2D eigenvalue weighted by molar-refractivity contribution is 4.39. The van der Waals surface area contributed by atoms with Crippen molar-refractivity contribution in [2.45, 2.75) is 20.1 Å². The van der Waals surface area contributed by atoms with Crippen LogP contribution in [0.2, 0.25) is 0 Å². The molecule has 9 heavy (non-hydrogen) atoms. The first-order valence-corrected chi connectivity index (χ1v) is 3.27. The monoisotopic (exact) mass is 133 g/mol. The zero-order valence-electron chi connectivity index (χ0n) is 6.05. The van der Waals surface area contributed by atoms with Gasteiger partial charge in [0.25, 0.3) is 0 Å². The summed E-state index contributed by atoms with van der Waals surface area (Å²) in [4.78, 5) is 0. The summed E-state index contributed by atoms with van der Waals surface area (Å²) in [6, 6.07) is 0. The van der Waals surface area contributed by atoms with Gasteiger partial charge in [0.05, 0.1) is 6.61 Å². The molecule has 2 N–H and O–H groups in total. The summed E-state index contributed by atoms with van der Waals surface area (Å²) < 4.78 is 4.84. The summed E-state index contributed by atoms with van der Waals surface area (Å²) in [6.45, 7) is 5.96. The normalized spacial score (nSPS) is 13.7. The lowest BCUT2D eigenvalue weighted by Crippen LogP contribution is -2.21. The molecule has 1 atom stereocenters. The van der Waals surface area contributed by atoms with Crippen LogP contribution in [0.5, 0.6) is 0 Å². The average Bonchev–Trinajstić information content (AvgIpc) is 1.80. The van der Waals surface area contributed by atoms with E-state index in [4.69, 9.17) is 9.84 Å². The Labute approximate surface area is 56.0 Å². The fourth-order valence-corrected chi connectivity index (χ4v) is 0.478. The Kier molecular flexibility index (Phi) is 5.93. The number of likely N-dealkylation sites (N-methyl/N-ethyl adjacent to an activating group) is 1. The molecule has 3 heteroatoms. The standard InChI is InChI=1S/C6H15NO2/c1-3-7-4-5-9-6(2)8/h6-8H,3-5H2,1-2H3. The van der Waals surface area contributed by atoms with Crippen LogP contribution in [0.25, 0.3) is 0 Å². The van der Waals surface area contributed by atoms with Gasteiger partial charge in [0, 0.05) is 6.54 Å². The number of rotatable bonds is 5. The van der Waals surface area contributed by atoms with Crippen LogP contribution in [-0.4, -0.2) is 31.1 Å². The molecular weight excluding hydrogens is 118 g/mol. The highest BCUT2D eigenvalue weighted by atomic mass is 16.6. The number of hydrogen-bond acceptors (Lipinski definition) is 3. The Morgan fingerprint density at radius 3 is 2.78 bits per heavy atom. The molecule has 0 aliphatic carbocycles. The highest BCUT2D eigenvalue weighted by Crippen LogP contribution is 1.80. The second kappa shape index (κ2) is 6.01. The van der Waals surface area contributed by atoms with Crippen molar-refractivity contribution in [3.05, 3.63) is 0 Å². The lowest BCUT2D eigenvalue weighted by molar-refractivity contribution is -0.0833. The number of ether oxygens (including phenoxy) is 1. The SMILES string of the molecule is CCNCCOC(C)O. The molecule has 0 radical (unpaired) electrons. The minimum atomic E-state index is -0.636. The molecule has 0 aliphatic heterocycles. The van der Waals surface area contributed by atoms with Crippen molar-refractivity contribution in [3.63, 3.8) is 0 Å². The van der Waals surface area contributed by atoms with Gasteiger partial charge in [0.1, 0.15) is 0 Å². The zero-order valence-corrected chi connectivity index (χ0v) is 6.05. The maximum absolute atomic E-state index is 8.60. The summed E-state index contributed by atoms with van der Waals surface area (Å²) in [6.07, 6.45) is -0.636. The fourth-order valence-electron chi connectivity index (χ4n) is 0.478. The first-order chi connectivity index (χ1) is 4.27. The zero-order chi connectivity index (χ0) is 7.11. The van der Waals surface area contributed by atoms with E-state index in [0.29, 0.717) is 6.61 Å². The Morgan fingerprint density at radius 2 is 2.33 bits per heavy atom. The Hall–Kier alpha value is -0.120. The van der Waals surface area contributed by atoms with Crippen molar-refractivity contribution in [2.24, 2.45) is 0 Å². The first kappa shape index (κ1) is 8.88. The molecule has 0 spiro atoms. The molecule has 3 nitrogen and oxygen atoms in total. The van der Waals surface area contributed by atoms with Crippen molar-refractivity contribution in [3.8, 4) is 0 Å². The van der Waals surface area contributed by atoms with Crippen LogP contribution in [0.15, 0.2) is 0 Å². The Bertz CT molecular complexity index is 57.0. The van der Waals surface area contributed by atoms with Crippen molar-refractivity contribution in [1.29, 1.82) is 0 Å². The van der Waals surface area contributed by atoms with Gasteiger partial charge in [-0.05, 0) is 13.5 Å². The molecule has 1 unspecified atom stereocenters. The van der Waals surface area contributed by atoms with E-state index in [1.807, 2.05) is 6.92 Å². The van der Waals surface area contributed by atoms with Gasteiger partial charge in [-0.3, -0.25) is 0 Å². The third kappa shape index (κ3) is 7.88. The maximum atomic E-state index is 8.60. The average molecular weight is 133 g/mol. The maximum Gasteiger partial charge on any atom is 0.151 e. The van der Waals surface area contributed by atoms with Gasteiger partial charge in [-0.2, -0.15) is 0 Å². The van der Waals surface area contributed by atoms with Crippen LogP contribution < -0.4 is 5.32 Å². The fraction of sp³-hybridized carbons (Fsp3) is 1.00. The molecule has 0 aliphatic rings. The molecule has 0 fully saturated rings. The van der Waals surface area contributed by atoms with Gasteiger partial charge in [-0.25, -0.2) is 0 Å². The van der Waals surface area contributed by atoms with Gasteiger partial charge in [0.15, 0.2) is 6.29 Å². The van der Waals surface area contributed by atoms with Crippen molar-refractivity contribution < 1.29 is 9.84 Å². The molecule has 0 aromatic carbocycles. The molecule has 0 aromatic rings. The van der Waals surface area contributed by atoms with Gasteiger partial charge in [-0.1, -0.05) is 6.92 Å². The predicted molar refractivity (Wildman–Crippen MR) is 36.2 cm³/mol. The smallest absolute Gasteiger partial charge is 0.151 e. The number of aliphatic hydroxyl groups excluding tert-OH is 1. The van der Waals surface area contributed by atoms with Crippen molar-refractivity contribution >= 4 is 0 Å². The van der Waals surface area contributed by atoms with Crippen molar-refractivity contribution in [2.75, 3.05) is 19.7 Å². The van der Waals surface area contributed by atoms with E-state index in [1.165, 1.54) is 0 Å². The summed E-state index contributed by atoms with van der Waals surface area (Å²) in [5.74, 6) is 0. The van der Waals surface area contributed by atoms with E-state index < -0.39 is 6.29 Å². The predicted octanol–water partition coefficient (Wildman–Crippen LogP) is -0.0492. The molecule has 0 aromatic heterocycles. The van der Waals surface area contributed by atoms with Crippen LogP contribution in [0.3, 0.4) is 0 Å². The quantitative estimate of drug-likeness (QED) is 0.408. The third-order valence-corrected chi connectivity index (χ3v) is 0.888. The lowest BCUT2D eigenvalue weighted by atomic mass is 10.6. The van der Waals surface area contributed by atoms with E-state index in [0.717, 1.165) is 13.1 Å². The minimum absolute atomic E-state index is 0.575. The van der Waals surface area contributed by atoms with Gasteiger partial charge < -0.3 is 15.2 Å². The molecule has 0 saturated heterocycles. The third-order valence-electron chi connectivity index (χ3n) is 0.888. The largest absolute Gasteiger partial charge is 0.368 e. The van der Waals surface area contributed by atoms with E-state index >= 15 is 0 Å². The molecule has 0 bridgehead atoms. The van der Waals surface area contributed by atoms with E-state index in [-0.39, 0.29) is 0 Å². The topological polar surface area (TPSA) is 41.5 Å². The van der Waals surface area contributed by atoms with Crippen LogP contribution in [0.1, 0.15) is 13.8 Å². The van der Waals surface area contributed by atoms with Crippen molar-refractivity contribution in [1.82, 2.24) is 5.32 Å². The molecule has 0 heterocycles. The van der Waals surface area contributed by atoms with E-state index in [1.54, 1.807) is 6.92 Å². The number of hydrogen-bond donors (Lipinski definition) is 2. The molecule has 56 valence electrons. The second-order valence-corrected chi connectivity index (χ2v) is 1.82. The van der Waals surface area contributed by atoms with Gasteiger partial charge in [0.2, 0.25) is 0 Å². The lowest BCUT2D eigenvalue weighted by Gasteiger charge is -2.05. The highest BCUT2D eigenvalue weighted by Gasteiger charge is 1.91. The number of aliphatic hydroxyl groups is 1. The van der Waals surface area contributed by atoms with Gasteiger partial charge >= 0.3 is 0 Å². The summed E-state index contributed by atoms with van der Waals surface area (Å²) in [5, 5.41) is 11.7. The van der Waals surface area contributed by atoms with Crippen LogP contribution in [0.4, 0.5) is 0 Å². The number of nitrogens with one attached hydrogen (secondary N) is 1. The second-order valence-electron chi connectivity index (χ2n) is 1.82. The molecular formula is C6H15NO2. The molecule has 0 amide bonds. The minimum Gasteiger partial charge on any atom is -0.368 e. The van der Waals surface area contributed by atoms with Crippen LogP contribution >= 0.6 is 0 Å². The summed E-state index contributed by atoms with van der Waals surface area (Å²) in [7, 11) is 0. The molecule has 0 saturated carbocycles.